The highest BCUT2D eigenvalue weighted by molar-refractivity contribution is 5.96. The van der Waals surface area contributed by atoms with Crippen LogP contribution in [-0.2, 0) is 4.79 Å². The number of carbonyl (C=O) groups excluding carboxylic acids is 2. The van der Waals surface area contributed by atoms with Gasteiger partial charge < -0.3 is 0 Å². The molecular weight excluding hydrogens is 292 g/mol. The lowest BCUT2D eigenvalue weighted by Gasteiger charge is -2.27. The van der Waals surface area contributed by atoms with Crippen molar-refractivity contribution in [3.05, 3.63) is 47.8 Å². The molecule has 2 heterocycles. The Morgan fingerprint density at radius 3 is 2.52 bits per heavy atom. The number of hydrogen-bond acceptors (Lipinski definition) is 3. The lowest BCUT2D eigenvalue weighted by molar-refractivity contribution is -0.140. The molecule has 0 unspecified atom stereocenters. The zero-order chi connectivity index (χ0) is 16.4. The van der Waals surface area contributed by atoms with Crippen LogP contribution < -0.4 is 0 Å². The molecular formula is C17H20N4O2. The van der Waals surface area contributed by atoms with Gasteiger partial charge in [-0.05, 0) is 25.5 Å². The Hall–Kier alpha value is -2.63. The zero-order valence-corrected chi connectivity index (χ0v) is 13.4. The molecule has 3 rings (SSSR count). The molecule has 2 amide bonds. The van der Waals surface area contributed by atoms with Crippen LogP contribution in [0.3, 0.4) is 0 Å². The third-order valence-electron chi connectivity index (χ3n) is 4.10. The fourth-order valence-corrected chi connectivity index (χ4v) is 2.85. The Bertz CT molecular complexity index is 723. The molecule has 0 spiro atoms. The second-order valence-corrected chi connectivity index (χ2v) is 5.54. The van der Waals surface area contributed by atoms with Crippen molar-refractivity contribution in [2.75, 3.05) is 13.1 Å². The first-order valence-corrected chi connectivity index (χ1v) is 7.85. The molecule has 0 bridgehead atoms. The summed E-state index contributed by atoms with van der Waals surface area (Å²) in [4.78, 5) is 24.8. The first kappa shape index (κ1) is 15.3. The molecule has 1 saturated heterocycles. The number of rotatable bonds is 3. The number of hydrazine groups is 1. The summed E-state index contributed by atoms with van der Waals surface area (Å²) in [5.41, 5.74) is 2.22. The largest absolute Gasteiger partial charge is 0.275 e. The Labute approximate surface area is 135 Å². The molecule has 23 heavy (non-hydrogen) atoms. The van der Waals surface area contributed by atoms with Gasteiger partial charge in [-0.15, -0.1) is 0 Å². The summed E-state index contributed by atoms with van der Waals surface area (Å²) >= 11 is 0. The SMILES string of the molecule is CCC(=O)N1CCCN1C(=O)c1cnn(-c2ccccc2)c1C. The van der Waals surface area contributed by atoms with Gasteiger partial charge >= 0.3 is 0 Å². The van der Waals surface area contributed by atoms with Gasteiger partial charge in [-0.3, -0.25) is 14.6 Å². The van der Waals surface area contributed by atoms with Crippen LogP contribution in [0, 0.1) is 6.92 Å². The minimum Gasteiger partial charge on any atom is -0.273 e. The minimum atomic E-state index is -0.163. The summed E-state index contributed by atoms with van der Waals surface area (Å²) in [7, 11) is 0. The summed E-state index contributed by atoms with van der Waals surface area (Å²) in [6, 6.07) is 9.68. The molecule has 2 aromatic rings. The van der Waals surface area contributed by atoms with Gasteiger partial charge in [0.05, 0.1) is 23.1 Å². The van der Waals surface area contributed by atoms with E-state index >= 15 is 0 Å². The van der Waals surface area contributed by atoms with Crippen LogP contribution in [0.4, 0.5) is 0 Å². The average molecular weight is 312 g/mol. The van der Waals surface area contributed by atoms with Crippen LogP contribution in [-0.4, -0.2) is 44.7 Å². The van der Waals surface area contributed by atoms with Crippen molar-refractivity contribution in [1.82, 2.24) is 19.8 Å². The fourth-order valence-electron chi connectivity index (χ4n) is 2.85. The molecule has 1 aliphatic heterocycles. The number of hydrogen-bond donors (Lipinski definition) is 0. The van der Waals surface area contributed by atoms with Crippen molar-refractivity contribution >= 4 is 11.8 Å². The summed E-state index contributed by atoms with van der Waals surface area (Å²) in [5.74, 6) is -0.187. The van der Waals surface area contributed by atoms with E-state index in [4.69, 9.17) is 0 Å². The Balaban J connectivity index is 1.89. The molecule has 1 aliphatic rings. The smallest absolute Gasteiger partial charge is 0.273 e. The topological polar surface area (TPSA) is 58.4 Å². The van der Waals surface area contributed by atoms with E-state index in [9.17, 15) is 9.59 Å². The number of para-hydroxylation sites is 1. The van der Waals surface area contributed by atoms with Crippen molar-refractivity contribution in [1.29, 1.82) is 0 Å². The van der Waals surface area contributed by atoms with E-state index in [1.807, 2.05) is 44.2 Å². The lowest BCUT2D eigenvalue weighted by Crippen LogP contribution is -2.44. The van der Waals surface area contributed by atoms with E-state index in [0.29, 0.717) is 25.1 Å². The quantitative estimate of drug-likeness (QED) is 0.873. The van der Waals surface area contributed by atoms with E-state index in [0.717, 1.165) is 17.8 Å². The van der Waals surface area contributed by atoms with Gasteiger partial charge in [0.15, 0.2) is 0 Å². The predicted molar refractivity (Wildman–Crippen MR) is 86.0 cm³/mol. The van der Waals surface area contributed by atoms with Crippen LogP contribution in [0.2, 0.25) is 0 Å². The van der Waals surface area contributed by atoms with Crippen molar-refractivity contribution in [3.63, 3.8) is 0 Å². The van der Waals surface area contributed by atoms with Crippen molar-refractivity contribution in [2.24, 2.45) is 0 Å². The van der Waals surface area contributed by atoms with Crippen molar-refractivity contribution in [3.8, 4) is 5.69 Å². The van der Waals surface area contributed by atoms with Crippen LogP contribution in [0.15, 0.2) is 36.5 Å². The van der Waals surface area contributed by atoms with Gasteiger partial charge in [0.2, 0.25) is 5.91 Å². The number of benzene rings is 1. The molecule has 6 nitrogen and oxygen atoms in total. The van der Waals surface area contributed by atoms with Crippen molar-refractivity contribution in [2.45, 2.75) is 26.7 Å². The Morgan fingerprint density at radius 2 is 1.83 bits per heavy atom. The third-order valence-corrected chi connectivity index (χ3v) is 4.10. The number of aromatic nitrogens is 2. The predicted octanol–water partition coefficient (Wildman–Crippen LogP) is 2.18. The number of carbonyl (C=O) groups is 2. The highest BCUT2D eigenvalue weighted by Gasteiger charge is 2.32. The second-order valence-electron chi connectivity index (χ2n) is 5.54. The van der Waals surface area contributed by atoms with Crippen LogP contribution in [0.5, 0.6) is 0 Å². The maximum Gasteiger partial charge on any atom is 0.275 e. The normalized spacial score (nSPS) is 14.3. The molecule has 1 aromatic carbocycles. The van der Waals surface area contributed by atoms with Gasteiger partial charge in [-0.1, -0.05) is 25.1 Å². The summed E-state index contributed by atoms with van der Waals surface area (Å²) in [5, 5.41) is 7.44. The van der Waals surface area contributed by atoms with Gasteiger partial charge in [-0.2, -0.15) is 5.10 Å². The molecule has 1 fully saturated rings. The highest BCUT2D eigenvalue weighted by atomic mass is 16.2. The van der Waals surface area contributed by atoms with E-state index < -0.39 is 0 Å². The first-order chi connectivity index (χ1) is 11.1. The van der Waals surface area contributed by atoms with E-state index in [1.165, 1.54) is 0 Å². The first-order valence-electron chi connectivity index (χ1n) is 7.85. The van der Waals surface area contributed by atoms with Crippen LogP contribution >= 0.6 is 0 Å². The molecule has 0 saturated carbocycles. The molecule has 120 valence electrons. The van der Waals surface area contributed by atoms with Crippen LogP contribution in [0.25, 0.3) is 5.69 Å². The third kappa shape index (κ3) is 2.72. The number of amides is 2. The molecule has 1 aromatic heterocycles. The molecule has 0 radical (unpaired) electrons. The fraction of sp³-hybridized carbons (Fsp3) is 0.353. The zero-order valence-electron chi connectivity index (χ0n) is 13.4. The molecule has 0 atom stereocenters. The lowest BCUT2D eigenvalue weighted by atomic mass is 10.2. The molecule has 6 heteroatoms. The van der Waals surface area contributed by atoms with Gasteiger partial charge in [0, 0.05) is 19.5 Å². The summed E-state index contributed by atoms with van der Waals surface area (Å²) < 4.78 is 1.75. The second kappa shape index (κ2) is 6.24. The summed E-state index contributed by atoms with van der Waals surface area (Å²) in [6.45, 7) is 4.85. The highest BCUT2D eigenvalue weighted by Crippen LogP contribution is 2.20. The molecule has 0 aliphatic carbocycles. The van der Waals surface area contributed by atoms with Gasteiger partial charge in [-0.25, -0.2) is 9.69 Å². The van der Waals surface area contributed by atoms with Gasteiger partial charge in [0.1, 0.15) is 0 Å². The summed E-state index contributed by atoms with van der Waals surface area (Å²) in [6.07, 6.45) is 2.78. The molecule has 0 N–H and O–H groups in total. The Kier molecular flexibility index (Phi) is 4.14. The van der Waals surface area contributed by atoms with E-state index in [-0.39, 0.29) is 11.8 Å². The minimum absolute atomic E-state index is 0.0241. The van der Waals surface area contributed by atoms with Gasteiger partial charge in [0.25, 0.3) is 5.91 Å². The Morgan fingerprint density at radius 1 is 1.13 bits per heavy atom. The average Bonchev–Trinajstić information content (AvgIpc) is 3.21. The number of nitrogens with zero attached hydrogens (tertiary/aromatic N) is 4. The van der Waals surface area contributed by atoms with E-state index in [1.54, 1.807) is 20.9 Å². The van der Waals surface area contributed by atoms with Crippen LogP contribution in [0.1, 0.15) is 35.8 Å². The van der Waals surface area contributed by atoms with E-state index in [2.05, 4.69) is 5.10 Å². The maximum atomic E-state index is 12.8. The standard InChI is InChI=1S/C17H20N4O2/c1-3-16(22)19-10-7-11-20(19)17(23)15-12-18-21(13(15)2)14-8-5-4-6-9-14/h4-6,8-9,12H,3,7,10-11H2,1-2H3. The van der Waals surface area contributed by atoms with Crippen molar-refractivity contribution < 1.29 is 9.59 Å². The maximum absolute atomic E-state index is 12.8. The monoisotopic (exact) mass is 312 g/mol.